The van der Waals surface area contributed by atoms with Crippen LogP contribution in [0, 0.1) is 0 Å². The molecule has 1 fully saturated rings. The zero-order chi connectivity index (χ0) is 20.1. The van der Waals surface area contributed by atoms with Crippen molar-refractivity contribution in [1.82, 2.24) is 5.32 Å². The van der Waals surface area contributed by atoms with Crippen LogP contribution in [0.5, 0.6) is 23.0 Å². The lowest BCUT2D eigenvalue weighted by atomic mass is 10.1. The first-order valence-corrected chi connectivity index (χ1v) is 9.83. The molecule has 1 aliphatic carbocycles. The average molecular weight is 390 g/mol. The van der Waals surface area contributed by atoms with Gasteiger partial charge in [-0.05, 0) is 37.1 Å². The molecule has 5 heteroatoms. The Bertz CT molecular complexity index is 930. The van der Waals surface area contributed by atoms with Gasteiger partial charge in [-0.1, -0.05) is 24.3 Å². The Morgan fingerprint density at radius 3 is 2.14 bits per heavy atom. The van der Waals surface area contributed by atoms with Gasteiger partial charge < -0.3 is 24.8 Å². The molecule has 0 amide bonds. The van der Waals surface area contributed by atoms with Crippen molar-refractivity contribution in [3.8, 4) is 23.0 Å². The first kappa shape index (κ1) is 19.2. The van der Waals surface area contributed by atoms with E-state index in [4.69, 9.17) is 14.2 Å². The Morgan fingerprint density at radius 2 is 1.48 bits per heavy atom. The van der Waals surface area contributed by atoms with Crippen LogP contribution >= 0.6 is 0 Å². The molecule has 3 aromatic rings. The van der Waals surface area contributed by atoms with Crippen molar-refractivity contribution in [1.29, 1.82) is 0 Å². The molecule has 0 bridgehead atoms. The molecule has 4 rings (SSSR count). The van der Waals surface area contributed by atoms with Crippen LogP contribution in [0.1, 0.15) is 18.4 Å². The second-order valence-electron chi connectivity index (χ2n) is 7.08. The van der Waals surface area contributed by atoms with E-state index in [1.807, 2.05) is 66.7 Å². The Hall–Kier alpha value is -3.18. The highest BCUT2D eigenvalue weighted by molar-refractivity contribution is 5.61. The van der Waals surface area contributed by atoms with Gasteiger partial charge in [0.2, 0.25) is 0 Å². The van der Waals surface area contributed by atoms with E-state index < -0.39 is 0 Å². The third-order valence-electron chi connectivity index (χ3n) is 4.86. The number of benzene rings is 3. The summed E-state index contributed by atoms with van der Waals surface area (Å²) in [5, 5.41) is 6.89. The molecule has 5 nitrogen and oxygen atoms in total. The van der Waals surface area contributed by atoms with Crippen LogP contribution in [-0.2, 0) is 6.54 Å². The van der Waals surface area contributed by atoms with E-state index in [1.165, 1.54) is 12.8 Å². The van der Waals surface area contributed by atoms with Crippen molar-refractivity contribution >= 4 is 11.4 Å². The van der Waals surface area contributed by atoms with Crippen LogP contribution < -0.4 is 24.8 Å². The van der Waals surface area contributed by atoms with E-state index in [-0.39, 0.29) is 0 Å². The SMILES string of the molecule is COc1cc(Oc2cccc(Nc3ccccc3)c2)cc(OC)c1CNC1CC1. The van der Waals surface area contributed by atoms with Gasteiger partial charge in [0.15, 0.2) is 0 Å². The molecule has 3 aromatic carbocycles. The van der Waals surface area contributed by atoms with Gasteiger partial charge in [0.1, 0.15) is 23.0 Å². The Kier molecular flexibility index (Phi) is 5.86. The van der Waals surface area contributed by atoms with Crippen molar-refractivity contribution in [3.05, 3.63) is 72.3 Å². The van der Waals surface area contributed by atoms with E-state index in [0.29, 0.717) is 18.3 Å². The largest absolute Gasteiger partial charge is 0.496 e. The van der Waals surface area contributed by atoms with Crippen molar-refractivity contribution in [2.75, 3.05) is 19.5 Å². The number of anilines is 2. The number of hydrogen-bond acceptors (Lipinski definition) is 5. The van der Waals surface area contributed by atoms with Crippen molar-refractivity contribution in [2.45, 2.75) is 25.4 Å². The molecule has 0 spiro atoms. The summed E-state index contributed by atoms with van der Waals surface area (Å²) in [6.45, 7) is 0.716. The predicted octanol–water partition coefficient (Wildman–Crippen LogP) is 5.49. The summed E-state index contributed by atoms with van der Waals surface area (Å²) in [5.41, 5.74) is 2.99. The van der Waals surface area contributed by atoms with Gasteiger partial charge in [-0.15, -0.1) is 0 Å². The summed E-state index contributed by atoms with van der Waals surface area (Å²) in [5.74, 6) is 2.92. The van der Waals surface area contributed by atoms with Crippen LogP contribution in [0.15, 0.2) is 66.7 Å². The third-order valence-corrected chi connectivity index (χ3v) is 4.86. The molecule has 0 aromatic heterocycles. The summed E-state index contributed by atoms with van der Waals surface area (Å²) >= 11 is 0. The van der Waals surface area contributed by atoms with Crippen LogP contribution in [0.4, 0.5) is 11.4 Å². The standard InChI is InChI=1S/C24H26N2O3/c1-27-23-14-21(15-24(28-2)22(23)16-25-17-11-12-17)29-20-10-6-9-19(13-20)26-18-7-4-3-5-8-18/h3-10,13-15,17,25-26H,11-12,16H2,1-2H3. The number of rotatable bonds is 9. The van der Waals surface area contributed by atoms with Gasteiger partial charge in [-0.25, -0.2) is 0 Å². The first-order chi connectivity index (χ1) is 14.2. The molecule has 0 unspecified atom stereocenters. The molecule has 0 heterocycles. The molecular formula is C24H26N2O3. The predicted molar refractivity (Wildman–Crippen MR) is 116 cm³/mol. The minimum Gasteiger partial charge on any atom is -0.496 e. The highest BCUT2D eigenvalue weighted by atomic mass is 16.5. The van der Waals surface area contributed by atoms with Gasteiger partial charge in [0, 0.05) is 42.2 Å². The van der Waals surface area contributed by atoms with Crippen LogP contribution in [-0.4, -0.2) is 20.3 Å². The van der Waals surface area contributed by atoms with Gasteiger partial charge >= 0.3 is 0 Å². The lowest BCUT2D eigenvalue weighted by Gasteiger charge is -2.16. The number of ether oxygens (including phenoxy) is 3. The zero-order valence-electron chi connectivity index (χ0n) is 16.8. The van der Waals surface area contributed by atoms with E-state index in [2.05, 4.69) is 10.6 Å². The van der Waals surface area contributed by atoms with E-state index in [0.717, 1.165) is 34.2 Å². The van der Waals surface area contributed by atoms with Crippen LogP contribution in [0.3, 0.4) is 0 Å². The Balaban J connectivity index is 1.53. The maximum Gasteiger partial charge on any atom is 0.134 e. The smallest absolute Gasteiger partial charge is 0.134 e. The first-order valence-electron chi connectivity index (χ1n) is 9.83. The second kappa shape index (κ2) is 8.88. The fourth-order valence-corrected chi connectivity index (χ4v) is 3.19. The molecule has 29 heavy (non-hydrogen) atoms. The summed E-state index contributed by atoms with van der Waals surface area (Å²) in [6, 6.07) is 22.3. The highest BCUT2D eigenvalue weighted by Crippen LogP contribution is 2.37. The maximum absolute atomic E-state index is 6.11. The van der Waals surface area contributed by atoms with Crippen LogP contribution in [0.25, 0.3) is 0 Å². The Morgan fingerprint density at radius 1 is 0.793 bits per heavy atom. The molecule has 2 N–H and O–H groups in total. The lowest BCUT2D eigenvalue weighted by Crippen LogP contribution is -2.16. The second-order valence-corrected chi connectivity index (χ2v) is 7.08. The quantitative estimate of drug-likeness (QED) is 0.506. The molecule has 0 aliphatic heterocycles. The number of nitrogens with one attached hydrogen (secondary N) is 2. The molecule has 150 valence electrons. The third kappa shape index (κ3) is 5.00. The average Bonchev–Trinajstić information content (AvgIpc) is 3.57. The number of methoxy groups -OCH3 is 2. The molecule has 1 aliphatic rings. The number of hydrogen-bond donors (Lipinski definition) is 2. The Labute approximate surface area is 171 Å². The highest BCUT2D eigenvalue weighted by Gasteiger charge is 2.22. The van der Waals surface area contributed by atoms with Crippen LogP contribution in [0.2, 0.25) is 0 Å². The zero-order valence-corrected chi connectivity index (χ0v) is 16.8. The van der Waals surface area contributed by atoms with E-state index >= 15 is 0 Å². The van der Waals surface area contributed by atoms with Gasteiger partial charge in [-0.3, -0.25) is 0 Å². The van der Waals surface area contributed by atoms with Crippen molar-refractivity contribution < 1.29 is 14.2 Å². The molecule has 0 saturated heterocycles. The van der Waals surface area contributed by atoms with Crippen molar-refractivity contribution in [3.63, 3.8) is 0 Å². The fraction of sp³-hybridized carbons (Fsp3) is 0.250. The van der Waals surface area contributed by atoms with Gasteiger partial charge in [-0.2, -0.15) is 0 Å². The van der Waals surface area contributed by atoms with Gasteiger partial charge in [0.25, 0.3) is 0 Å². The monoisotopic (exact) mass is 390 g/mol. The minimum absolute atomic E-state index is 0.611. The molecular weight excluding hydrogens is 364 g/mol. The molecule has 0 radical (unpaired) electrons. The normalized spacial score (nSPS) is 13.0. The van der Waals surface area contributed by atoms with Gasteiger partial charge in [0.05, 0.1) is 19.8 Å². The summed E-state index contributed by atoms with van der Waals surface area (Å²) in [4.78, 5) is 0. The maximum atomic E-state index is 6.11. The van der Waals surface area contributed by atoms with E-state index in [9.17, 15) is 0 Å². The lowest BCUT2D eigenvalue weighted by molar-refractivity contribution is 0.375. The number of para-hydroxylation sites is 1. The minimum atomic E-state index is 0.611. The molecule has 1 saturated carbocycles. The summed E-state index contributed by atoms with van der Waals surface area (Å²) in [7, 11) is 3.34. The topological polar surface area (TPSA) is 51.8 Å². The summed E-state index contributed by atoms with van der Waals surface area (Å²) < 4.78 is 17.3. The fourth-order valence-electron chi connectivity index (χ4n) is 3.19. The molecule has 0 atom stereocenters. The summed E-state index contributed by atoms with van der Waals surface area (Å²) in [6.07, 6.45) is 2.47. The van der Waals surface area contributed by atoms with Crippen molar-refractivity contribution in [2.24, 2.45) is 0 Å². The van der Waals surface area contributed by atoms with E-state index in [1.54, 1.807) is 14.2 Å².